The van der Waals surface area contributed by atoms with Crippen LogP contribution in [0.4, 0.5) is 5.69 Å². The Morgan fingerprint density at radius 2 is 2.38 bits per heavy atom. The molecule has 0 spiro atoms. The molecular formula is C12H15NO3. The first kappa shape index (κ1) is 10.8. The minimum atomic E-state index is -0.943. The largest absolute Gasteiger partial charge is 0.482 e. The zero-order chi connectivity index (χ0) is 11.5. The van der Waals surface area contributed by atoms with Crippen LogP contribution in [0.15, 0.2) is 18.2 Å². The highest BCUT2D eigenvalue weighted by molar-refractivity contribution is 5.69. The fraction of sp³-hybridized carbons (Fsp3) is 0.417. The summed E-state index contributed by atoms with van der Waals surface area (Å²) in [6.07, 6.45) is 2.03. The van der Waals surface area contributed by atoms with Gasteiger partial charge in [-0.15, -0.1) is 0 Å². The van der Waals surface area contributed by atoms with Gasteiger partial charge in [-0.2, -0.15) is 0 Å². The molecule has 0 amide bonds. The van der Waals surface area contributed by atoms with Crippen molar-refractivity contribution in [1.29, 1.82) is 0 Å². The molecule has 0 radical (unpaired) electrons. The molecule has 16 heavy (non-hydrogen) atoms. The highest BCUT2D eigenvalue weighted by atomic mass is 16.5. The normalized spacial score (nSPS) is 14.4. The lowest BCUT2D eigenvalue weighted by molar-refractivity contribution is -0.139. The van der Waals surface area contributed by atoms with E-state index in [1.54, 1.807) is 0 Å². The van der Waals surface area contributed by atoms with Gasteiger partial charge >= 0.3 is 5.97 Å². The van der Waals surface area contributed by atoms with E-state index in [1.807, 2.05) is 25.2 Å². The van der Waals surface area contributed by atoms with Crippen LogP contribution in [0, 0.1) is 0 Å². The fourth-order valence-electron chi connectivity index (χ4n) is 2.05. The summed E-state index contributed by atoms with van der Waals surface area (Å²) in [5.74, 6) is -0.242. The third kappa shape index (κ3) is 2.10. The summed E-state index contributed by atoms with van der Waals surface area (Å²) < 4.78 is 5.29. The number of carbonyl (C=O) groups is 1. The number of ether oxygens (including phenoxy) is 1. The van der Waals surface area contributed by atoms with Gasteiger partial charge in [-0.3, -0.25) is 0 Å². The molecule has 0 bridgehead atoms. The molecule has 4 nitrogen and oxygen atoms in total. The van der Waals surface area contributed by atoms with Crippen LogP contribution in [0.1, 0.15) is 12.0 Å². The lowest BCUT2D eigenvalue weighted by atomic mass is 10.0. The average Bonchev–Trinajstić information content (AvgIpc) is 2.27. The summed E-state index contributed by atoms with van der Waals surface area (Å²) in [5, 5.41) is 8.60. The van der Waals surface area contributed by atoms with E-state index >= 15 is 0 Å². The molecule has 0 aliphatic carbocycles. The highest BCUT2D eigenvalue weighted by Crippen LogP contribution is 2.33. The zero-order valence-corrected chi connectivity index (χ0v) is 9.27. The summed E-state index contributed by atoms with van der Waals surface area (Å²) in [7, 11) is 2.04. The maximum atomic E-state index is 10.5. The Morgan fingerprint density at radius 3 is 3.12 bits per heavy atom. The third-order valence-corrected chi connectivity index (χ3v) is 2.79. The van der Waals surface area contributed by atoms with Gasteiger partial charge < -0.3 is 14.7 Å². The molecule has 0 aromatic heterocycles. The van der Waals surface area contributed by atoms with E-state index in [4.69, 9.17) is 9.84 Å². The van der Waals surface area contributed by atoms with Crippen LogP contribution in [-0.4, -0.2) is 31.3 Å². The topological polar surface area (TPSA) is 49.8 Å². The van der Waals surface area contributed by atoms with Crippen molar-refractivity contribution in [3.63, 3.8) is 0 Å². The van der Waals surface area contributed by atoms with Crippen molar-refractivity contribution in [2.24, 2.45) is 0 Å². The van der Waals surface area contributed by atoms with Gasteiger partial charge in [0.05, 0.1) is 0 Å². The van der Waals surface area contributed by atoms with Crippen molar-refractivity contribution in [3.05, 3.63) is 23.8 Å². The average molecular weight is 221 g/mol. The predicted molar refractivity (Wildman–Crippen MR) is 61.2 cm³/mol. The number of nitrogens with zero attached hydrogens (tertiary/aromatic N) is 1. The number of aliphatic carboxylic acids is 1. The van der Waals surface area contributed by atoms with Crippen LogP contribution < -0.4 is 9.64 Å². The quantitative estimate of drug-likeness (QED) is 0.841. The second-order valence-corrected chi connectivity index (χ2v) is 3.96. The maximum Gasteiger partial charge on any atom is 0.341 e. The monoisotopic (exact) mass is 221 g/mol. The molecule has 1 N–H and O–H groups in total. The molecule has 1 aliphatic heterocycles. The Hall–Kier alpha value is -1.71. The third-order valence-electron chi connectivity index (χ3n) is 2.79. The van der Waals surface area contributed by atoms with Gasteiger partial charge in [-0.05, 0) is 25.0 Å². The van der Waals surface area contributed by atoms with Crippen molar-refractivity contribution < 1.29 is 14.6 Å². The van der Waals surface area contributed by atoms with E-state index in [1.165, 1.54) is 0 Å². The molecule has 0 atom stereocenters. The summed E-state index contributed by atoms with van der Waals surface area (Å²) in [4.78, 5) is 12.6. The predicted octanol–water partition coefficient (Wildman–Crippen LogP) is 1.53. The Bertz CT molecular complexity index is 403. The Morgan fingerprint density at radius 1 is 1.56 bits per heavy atom. The van der Waals surface area contributed by atoms with Gasteiger partial charge in [0.15, 0.2) is 6.61 Å². The van der Waals surface area contributed by atoms with Crippen LogP contribution in [0.3, 0.4) is 0 Å². The smallest absolute Gasteiger partial charge is 0.341 e. The van der Waals surface area contributed by atoms with Crippen LogP contribution in [0.25, 0.3) is 0 Å². The second kappa shape index (κ2) is 4.43. The van der Waals surface area contributed by atoms with Crippen molar-refractivity contribution in [2.75, 3.05) is 25.1 Å². The minimum Gasteiger partial charge on any atom is -0.482 e. The van der Waals surface area contributed by atoms with E-state index in [0.717, 1.165) is 30.6 Å². The molecule has 1 heterocycles. The van der Waals surface area contributed by atoms with Gasteiger partial charge in [0.25, 0.3) is 0 Å². The van der Waals surface area contributed by atoms with E-state index in [0.29, 0.717) is 5.75 Å². The lowest BCUT2D eigenvalue weighted by Crippen LogP contribution is -2.25. The molecular weight excluding hydrogens is 206 g/mol. The summed E-state index contributed by atoms with van der Waals surface area (Å²) >= 11 is 0. The van der Waals surface area contributed by atoms with Crippen molar-refractivity contribution in [2.45, 2.75) is 12.8 Å². The number of hydrogen-bond donors (Lipinski definition) is 1. The maximum absolute atomic E-state index is 10.5. The Kier molecular flexibility index (Phi) is 2.99. The van der Waals surface area contributed by atoms with E-state index < -0.39 is 5.97 Å². The summed E-state index contributed by atoms with van der Waals surface area (Å²) in [6.45, 7) is 0.759. The lowest BCUT2D eigenvalue weighted by Gasteiger charge is -2.28. The molecule has 4 heteroatoms. The number of carboxylic acid groups (broad SMARTS) is 1. The van der Waals surface area contributed by atoms with Gasteiger partial charge in [0, 0.05) is 24.8 Å². The van der Waals surface area contributed by atoms with E-state index in [9.17, 15) is 4.79 Å². The summed E-state index contributed by atoms with van der Waals surface area (Å²) in [6, 6.07) is 5.78. The number of hydrogen-bond acceptors (Lipinski definition) is 3. The second-order valence-electron chi connectivity index (χ2n) is 3.96. The first-order valence-corrected chi connectivity index (χ1v) is 5.36. The van der Waals surface area contributed by atoms with Crippen molar-refractivity contribution in [1.82, 2.24) is 0 Å². The Labute approximate surface area is 94.4 Å². The molecule has 2 rings (SSSR count). The van der Waals surface area contributed by atoms with Crippen LogP contribution in [0.5, 0.6) is 5.75 Å². The number of benzene rings is 1. The van der Waals surface area contributed by atoms with Crippen LogP contribution in [0.2, 0.25) is 0 Å². The van der Waals surface area contributed by atoms with Crippen molar-refractivity contribution >= 4 is 11.7 Å². The number of fused-ring (bicyclic) bond motifs is 1. The molecule has 86 valence electrons. The summed E-state index contributed by atoms with van der Waals surface area (Å²) in [5.41, 5.74) is 2.27. The van der Waals surface area contributed by atoms with Gasteiger partial charge in [-0.25, -0.2) is 4.79 Å². The van der Waals surface area contributed by atoms with Crippen LogP contribution in [-0.2, 0) is 11.2 Å². The van der Waals surface area contributed by atoms with Gasteiger partial charge in [0.2, 0.25) is 0 Å². The van der Waals surface area contributed by atoms with Crippen molar-refractivity contribution in [3.8, 4) is 5.75 Å². The Balaban J connectivity index is 2.25. The SMILES string of the molecule is CN1CCCc2c(OCC(=O)O)cccc21. The molecule has 1 aromatic carbocycles. The number of anilines is 1. The fourth-order valence-corrected chi connectivity index (χ4v) is 2.05. The van der Waals surface area contributed by atoms with Crippen LogP contribution >= 0.6 is 0 Å². The van der Waals surface area contributed by atoms with E-state index in [2.05, 4.69) is 4.90 Å². The zero-order valence-electron chi connectivity index (χ0n) is 9.27. The molecule has 0 saturated heterocycles. The van der Waals surface area contributed by atoms with E-state index in [-0.39, 0.29) is 6.61 Å². The first-order valence-electron chi connectivity index (χ1n) is 5.36. The molecule has 0 fully saturated rings. The number of carboxylic acids is 1. The van der Waals surface area contributed by atoms with Gasteiger partial charge in [0.1, 0.15) is 5.75 Å². The molecule has 1 aliphatic rings. The molecule has 0 unspecified atom stereocenters. The van der Waals surface area contributed by atoms with Gasteiger partial charge in [-0.1, -0.05) is 6.07 Å². The highest BCUT2D eigenvalue weighted by Gasteiger charge is 2.17. The number of rotatable bonds is 3. The molecule has 1 aromatic rings. The standard InChI is InChI=1S/C12H15NO3/c1-13-7-3-4-9-10(13)5-2-6-11(9)16-8-12(14)15/h2,5-6H,3-4,7-8H2,1H3,(H,14,15). The minimum absolute atomic E-state index is 0.278. The first-order chi connectivity index (χ1) is 7.68. The molecule has 0 saturated carbocycles.